The monoisotopic (exact) mass is 386 g/mol. The van der Waals surface area contributed by atoms with Crippen LogP contribution < -0.4 is 9.47 Å². The number of ether oxygens (including phenoxy) is 2. The highest BCUT2D eigenvalue weighted by atomic mass is 35.5. The van der Waals surface area contributed by atoms with Gasteiger partial charge in [0, 0.05) is 5.41 Å². The fourth-order valence-electron chi connectivity index (χ4n) is 2.32. The average molecular weight is 387 g/mol. The molecule has 2 heterocycles. The van der Waals surface area contributed by atoms with Gasteiger partial charge in [0.2, 0.25) is 12.7 Å². The fraction of sp³-hybridized carbons (Fsp3) is 0.500. The Morgan fingerprint density at radius 2 is 2.00 bits per heavy atom. The number of benzene rings is 1. The first-order chi connectivity index (χ1) is 11.6. The van der Waals surface area contributed by atoms with Crippen LogP contribution in [0.15, 0.2) is 16.7 Å². The second-order valence-corrected chi connectivity index (χ2v) is 9.70. The molecule has 1 aliphatic heterocycles. The van der Waals surface area contributed by atoms with Crippen LogP contribution in [-0.2, 0) is 21.0 Å². The zero-order chi connectivity index (χ0) is 18.4. The van der Waals surface area contributed by atoms with E-state index in [1.807, 2.05) is 20.8 Å². The van der Waals surface area contributed by atoms with Gasteiger partial charge in [0.05, 0.1) is 10.8 Å². The molecule has 0 saturated heterocycles. The molecule has 0 amide bonds. The lowest BCUT2D eigenvalue weighted by Crippen LogP contribution is -2.15. The van der Waals surface area contributed by atoms with Crippen LogP contribution in [0.1, 0.15) is 50.2 Å². The van der Waals surface area contributed by atoms with Crippen molar-refractivity contribution >= 4 is 21.4 Å². The van der Waals surface area contributed by atoms with Crippen LogP contribution in [-0.4, -0.2) is 25.4 Å². The van der Waals surface area contributed by atoms with Gasteiger partial charge in [0.1, 0.15) is 5.25 Å². The van der Waals surface area contributed by atoms with E-state index in [0.29, 0.717) is 27.9 Å². The van der Waals surface area contributed by atoms with Crippen molar-refractivity contribution in [1.29, 1.82) is 0 Å². The molecule has 25 heavy (non-hydrogen) atoms. The van der Waals surface area contributed by atoms with Crippen LogP contribution in [0.5, 0.6) is 11.5 Å². The first kappa shape index (κ1) is 18.0. The predicted octanol–water partition coefficient (Wildman–Crippen LogP) is 3.43. The second kappa shape index (κ2) is 6.17. The van der Waals surface area contributed by atoms with Gasteiger partial charge in [0.15, 0.2) is 27.2 Å². The Bertz CT molecular complexity index is 902. The van der Waals surface area contributed by atoms with Gasteiger partial charge in [-0.25, -0.2) is 8.42 Å². The zero-order valence-electron chi connectivity index (χ0n) is 14.4. The number of fused-ring (bicyclic) bond motifs is 1. The molecular formula is C16H19ClN2O5S. The smallest absolute Gasteiger partial charge is 0.244 e. The Morgan fingerprint density at radius 1 is 1.28 bits per heavy atom. The average Bonchev–Trinajstić information content (AvgIpc) is 3.14. The quantitative estimate of drug-likeness (QED) is 0.794. The van der Waals surface area contributed by atoms with E-state index >= 15 is 0 Å². The summed E-state index contributed by atoms with van der Waals surface area (Å²) in [5.74, 6) is 1.20. The van der Waals surface area contributed by atoms with Gasteiger partial charge in [-0.2, -0.15) is 4.98 Å². The van der Waals surface area contributed by atoms with E-state index in [0.717, 1.165) is 0 Å². The van der Waals surface area contributed by atoms with Crippen LogP contribution in [0.25, 0.3) is 0 Å². The van der Waals surface area contributed by atoms with Crippen molar-refractivity contribution in [1.82, 2.24) is 10.1 Å². The topological polar surface area (TPSA) is 91.5 Å². The van der Waals surface area contributed by atoms with Gasteiger partial charge >= 0.3 is 0 Å². The lowest BCUT2D eigenvalue weighted by Gasteiger charge is -2.12. The predicted molar refractivity (Wildman–Crippen MR) is 91.6 cm³/mol. The molecule has 7 nitrogen and oxygen atoms in total. The summed E-state index contributed by atoms with van der Waals surface area (Å²) in [7, 11) is -3.58. The Labute approximate surface area is 151 Å². The van der Waals surface area contributed by atoms with E-state index in [4.69, 9.17) is 25.6 Å². The maximum Gasteiger partial charge on any atom is 0.244 e. The molecule has 1 aromatic carbocycles. The Morgan fingerprint density at radius 3 is 2.64 bits per heavy atom. The van der Waals surface area contributed by atoms with Crippen LogP contribution >= 0.6 is 11.6 Å². The Balaban J connectivity index is 1.84. The van der Waals surface area contributed by atoms with E-state index < -0.39 is 15.1 Å². The number of nitrogens with zero attached hydrogens (tertiary/aromatic N) is 2. The van der Waals surface area contributed by atoms with Gasteiger partial charge < -0.3 is 14.0 Å². The molecule has 3 rings (SSSR count). The van der Waals surface area contributed by atoms with Gasteiger partial charge in [-0.3, -0.25) is 0 Å². The van der Waals surface area contributed by atoms with Crippen molar-refractivity contribution < 1.29 is 22.4 Å². The van der Waals surface area contributed by atoms with Gasteiger partial charge in [0.25, 0.3) is 0 Å². The Kier molecular flexibility index (Phi) is 4.45. The highest BCUT2D eigenvalue weighted by Gasteiger charge is 2.31. The summed E-state index contributed by atoms with van der Waals surface area (Å²) in [5.41, 5.74) is 0.187. The normalized spacial score (nSPS) is 15.4. The molecule has 0 fully saturated rings. The molecule has 0 spiro atoms. The van der Waals surface area contributed by atoms with Crippen LogP contribution in [0.2, 0.25) is 5.02 Å². The minimum atomic E-state index is -3.58. The minimum Gasteiger partial charge on any atom is -0.454 e. The van der Waals surface area contributed by atoms with Crippen molar-refractivity contribution in [3.05, 3.63) is 34.4 Å². The Hall–Kier alpha value is -1.80. The first-order valence-electron chi connectivity index (χ1n) is 7.71. The van der Waals surface area contributed by atoms with Crippen molar-refractivity contribution in [2.24, 2.45) is 0 Å². The summed E-state index contributed by atoms with van der Waals surface area (Å²) in [6, 6.07) is 3.18. The van der Waals surface area contributed by atoms with E-state index in [-0.39, 0.29) is 23.9 Å². The third kappa shape index (κ3) is 3.59. The molecule has 136 valence electrons. The number of aromatic nitrogens is 2. The summed E-state index contributed by atoms with van der Waals surface area (Å²) >= 11 is 6.11. The highest BCUT2D eigenvalue weighted by Crippen LogP contribution is 2.40. The third-order valence-corrected chi connectivity index (χ3v) is 6.15. The zero-order valence-corrected chi connectivity index (χ0v) is 15.9. The van der Waals surface area contributed by atoms with E-state index in [1.54, 1.807) is 12.1 Å². The summed E-state index contributed by atoms with van der Waals surface area (Å²) < 4.78 is 41.1. The molecule has 1 aromatic heterocycles. The largest absolute Gasteiger partial charge is 0.454 e. The van der Waals surface area contributed by atoms with Crippen molar-refractivity contribution in [2.45, 2.75) is 44.1 Å². The van der Waals surface area contributed by atoms with Gasteiger partial charge in [-0.05, 0) is 24.6 Å². The maximum absolute atomic E-state index is 12.7. The van der Waals surface area contributed by atoms with Crippen LogP contribution in [0, 0.1) is 0 Å². The maximum atomic E-state index is 12.7. The van der Waals surface area contributed by atoms with Crippen molar-refractivity contribution in [2.75, 3.05) is 6.79 Å². The number of rotatable bonds is 4. The van der Waals surface area contributed by atoms with Crippen LogP contribution in [0.4, 0.5) is 0 Å². The minimum absolute atomic E-state index is 0.0687. The number of sulfone groups is 1. The number of hydrogen-bond acceptors (Lipinski definition) is 7. The molecule has 0 N–H and O–H groups in total. The van der Waals surface area contributed by atoms with E-state index in [9.17, 15) is 8.42 Å². The highest BCUT2D eigenvalue weighted by molar-refractivity contribution is 7.90. The van der Waals surface area contributed by atoms with E-state index in [2.05, 4.69) is 10.1 Å². The standard InChI is InChI=1S/C16H19ClN2O5S/c1-9(14-18-15(19-24-14)16(2,3)4)25(20,21)7-10-5-11(17)13-12(6-10)22-8-23-13/h5-6,9H,7-8H2,1-4H3. The molecule has 0 saturated carbocycles. The number of halogens is 1. The molecule has 1 aliphatic rings. The third-order valence-electron chi connectivity index (χ3n) is 3.85. The second-order valence-electron chi connectivity index (χ2n) is 6.97. The molecular weight excluding hydrogens is 368 g/mol. The summed E-state index contributed by atoms with van der Waals surface area (Å²) in [5, 5.41) is 3.27. The number of hydrogen-bond donors (Lipinski definition) is 0. The molecule has 9 heteroatoms. The first-order valence-corrected chi connectivity index (χ1v) is 9.81. The van der Waals surface area contributed by atoms with Gasteiger partial charge in [-0.1, -0.05) is 37.5 Å². The summed E-state index contributed by atoms with van der Waals surface area (Å²) in [6.45, 7) is 7.38. The van der Waals surface area contributed by atoms with Crippen molar-refractivity contribution in [3.8, 4) is 11.5 Å². The summed E-state index contributed by atoms with van der Waals surface area (Å²) in [6.07, 6.45) is 0. The lowest BCUT2D eigenvalue weighted by molar-refractivity contribution is 0.174. The molecule has 0 bridgehead atoms. The molecule has 0 aliphatic carbocycles. The lowest BCUT2D eigenvalue weighted by atomic mass is 9.96. The van der Waals surface area contributed by atoms with E-state index in [1.165, 1.54) is 6.92 Å². The molecule has 0 radical (unpaired) electrons. The SMILES string of the molecule is CC(c1nc(C(C)(C)C)no1)S(=O)(=O)Cc1cc(Cl)c2c(c1)OCO2. The fourth-order valence-corrected chi connectivity index (χ4v) is 3.89. The molecule has 1 unspecified atom stereocenters. The van der Waals surface area contributed by atoms with Crippen LogP contribution in [0.3, 0.4) is 0 Å². The van der Waals surface area contributed by atoms with Crippen molar-refractivity contribution in [3.63, 3.8) is 0 Å². The van der Waals surface area contributed by atoms with Gasteiger partial charge in [-0.15, -0.1) is 0 Å². The molecule has 2 aromatic rings. The molecule has 1 atom stereocenters. The summed E-state index contributed by atoms with van der Waals surface area (Å²) in [4.78, 5) is 4.24.